The number of nitrogens with zero attached hydrogens (tertiary/aromatic N) is 2. The highest BCUT2D eigenvalue weighted by molar-refractivity contribution is 5.69. The van der Waals surface area contributed by atoms with Crippen molar-refractivity contribution in [3.63, 3.8) is 0 Å². The summed E-state index contributed by atoms with van der Waals surface area (Å²) in [6.45, 7) is 3.69. The highest BCUT2D eigenvalue weighted by Gasteiger charge is 2.13. The number of carboxylic acid groups (broad SMARTS) is 1. The van der Waals surface area contributed by atoms with E-state index in [0.29, 0.717) is 12.2 Å². The van der Waals surface area contributed by atoms with E-state index in [-0.39, 0.29) is 0 Å². The number of aromatic nitrogens is 2. The average Bonchev–Trinajstić information content (AvgIpc) is 2.39. The molecule has 0 aliphatic carbocycles. The first kappa shape index (κ1) is 13.2. The van der Waals surface area contributed by atoms with E-state index >= 15 is 0 Å². The zero-order valence-electron chi connectivity index (χ0n) is 11.0. The first-order valence-electron chi connectivity index (χ1n) is 6.18. The van der Waals surface area contributed by atoms with Crippen LogP contribution in [0.5, 0.6) is 0 Å². The van der Waals surface area contributed by atoms with Gasteiger partial charge in [0.15, 0.2) is 0 Å². The van der Waals surface area contributed by atoms with Gasteiger partial charge in [0.25, 0.3) is 0 Å². The van der Waals surface area contributed by atoms with E-state index in [1.165, 1.54) is 5.56 Å². The summed E-state index contributed by atoms with van der Waals surface area (Å²) in [6, 6.07) is 9.89. The van der Waals surface area contributed by atoms with Gasteiger partial charge in [-0.2, -0.15) is 0 Å². The van der Waals surface area contributed by atoms with E-state index in [1.807, 2.05) is 37.3 Å². The van der Waals surface area contributed by atoms with Crippen molar-refractivity contribution >= 4 is 5.97 Å². The van der Waals surface area contributed by atoms with Crippen LogP contribution in [0, 0.1) is 12.8 Å². The van der Waals surface area contributed by atoms with Crippen LogP contribution in [0.4, 0.5) is 0 Å². The molecule has 0 amide bonds. The minimum Gasteiger partial charge on any atom is -0.481 e. The Labute approximate surface area is 112 Å². The van der Waals surface area contributed by atoms with E-state index in [2.05, 4.69) is 9.97 Å². The molecule has 1 unspecified atom stereocenters. The van der Waals surface area contributed by atoms with Gasteiger partial charge in [-0.05, 0) is 13.0 Å². The fourth-order valence-corrected chi connectivity index (χ4v) is 1.74. The molecule has 19 heavy (non-hydrogen) atoms. The van der Waals surface area contributed by atoms with Gasteiger partial charge >= 0.3 is 5.97 Å². The molecule has 0 saturated carbocycles. The normalized spacial score (nSPS) is 12.1. The Balaban J connectivity index is 2.24. The second-order valence-corrected chi connectivity index (χ2v) is 4.67. The average molecular weight is 256 g/mol. The predicted molar refractivity (Wildman–Crippen MR) is 72.7 cm³/mol. The van der Waals surface area contributed by atoms with Crippen LogP contribution in [0.3, 0.4) is 0 Å². The monoisotopic (exact) mass is 256 g/mol. The first-order chi connectivity index (χ1) is 9.06. The maximum Gasteiger partial charge on any atom is 0.306 e. The SMILES string of the molecule is Cc1ccc(-c2ccnc(CC(C)C(=O)O)n2)cc1. The van der Waals surface area contributed by atoms with Gasteiger partial charge in [-0.25, -0.2) is 9.97 Å². The molecular weight excluding hydrogens is 240 g/mol. The summed E-state index contributed by atoms with van der Waals surface area (Å²) < 4.78 is 0. The van der Waals surface area contributed by atoms with Gasteiger partial charge in [-0.3, -0.25) is 4.79 Å². The van der Waals surface area contributed by atoms with Gasteiger partial charge in [0.1, 0.15) is 5.82 Å². The molecule has 0 aliphatic heterocycles. The molecule has 1 heterocycles. The van der Waals surface area contributed by atoms with Gasteiger partial charge < -0.3 is 5.11 Å². The lowest BCUT2D eigenvalue weighted by Crippen LogP contribution is -2.14. The molecule has 2 rings (SSSR count). The Morgan fingerprint density at radius 1 is 1.26 bits per heavy atom. The van der Waals surface area contributed by atoms with Crippen LogP contribution < -0.4 is 0 Å². The quantitative estimate of drug-likeness (QED) is 0.913. The number of aryl methyl sites for hydroxylation is 1. The van der Waals surface area contributed by atoms with Gasteiger partial charge in [0.2, 0.25) is 0 Å². The van der Waals surface area contributed by atoms with E-state index in [0.717, 1.165) is 11.3 Å². The van der Waals surface area contributed by atoms with Crippen LogP contribution in [-0.4, -0.2) is 21.0 Å². The van der Waals surface area contributed by atoms with Gasteiger partial charge in [-0.1, -0.05) is 36.8 Å². The van der Waals surface area contributed by atoms with Gasteiger partial charge in [-0.15, -0.1) is 0 Å². The summed E-state index contributed by atoms with van der Waals surface area (Å²) in [7, 11) is 0. The molecular formula is C15H16N2O2. The number of benzene rings is 1. The fraction of sp³-hybridized carbons (Fsp3) is 0.267. The van der Waals surface area contributed by atoms with Gasteiger partial charge in [0.05, 0.1) is 11.6 Å². The number of carboxylic acids is 1. The van der Waals surface area contributed by atoms with Crippen molar-refractivity contribution < 1.29 is 9.90 Å². The third-order valence-electron chi connectivity index (χ3n) is 2.96. The van der Waals surface area contributed by atoms with E-state index in [4.69, 9.17) is 5.11 Å². The third-order valence-corrected chi connectivity index (χ3v) is 2.96. The van der Waals surface area contributed by atoms with Crippen molar-refractivity contribution in [1.82, 2.24) is 9.97 Å². The zero-order chi connectivity index (χ0) is 13.8. The molecule has 4 heteroatoms. The lowest BCUT2D eigenvalue weighted by molar-refractivity contribution is -0.141. The van der Waals surface area contributed by atoms with Crippen molar-refractivity contribution in [1.29, 1.82) is 0 Å². The molecule has 4 nitrogen and oxygen atoms in total. The van der Waals surface area contributed by atoms with Crippen LogP contribution >= 0.6 is 0 Å². The summed E-state index contributed by atoms with van der Waals surface area (Å²) in [5.41, 5.74) is 3.03. The summed E-state index contributed by atoms with van der Waals surface area (Å²) in [6.07, 6.45) is 2.02. The van der Waals surface area contributed by atoms with Crippen LogP contribution in [-0.2, 0) is 11.2 Å². The second kappa shape index (κ2) is 5.61. The van der Waals surface area contributed by atoms with E-state index < -0.39 is 11.9 Å². The molecule has 0 spiro atoms. The Morgan fingerprint density at radius 2 is 1.95 bits per heavy atom. The standard InChI is InChI=1S/C15H16N2O2/c1-10-3-5-12(6-4-10)13-7-8-16-14(17-13)9-11(2)15(18)19/h3-8,11H,9H2,1-2H3,(H,18,19). The lowest BCUT2D eigenvalue weighted by atomic mass is 10.1. The Kier molecular flexibility index (Phi) is 3.90. The van der Waals surface area contributed by atoms with Crippen LogP contribution in [0.25, 0.3) is 11.3 Å². The molecule has 0 bridgehead atoms. The fourth-order valence-electron chi connectivity index (χ4n) is 1.74. The molecule has 1 aromatic carbocycles. The molecule has 1 atom stereocenters. The van der Waals surface area contributed by atoms with Crippen molar-refractivity contribution in [3.05, 3.63) is 47.9 Å². The van der Waals surface area contributed by atoms with Crippen LogP contribution in [0.1, 0.15) is 18.3 Å². The van der Waals surface area contributed by atoms with E-state index in [1.54, 1.807) is 13.1 Å². The number of aliphatic carboxylic acids is 1. The maximum atomic E-state index is 10.8. The van der Waals surface area contributed by atoms with Crippen molar-refractivity contribution in [2.45, 2.75) is 20.3 Å². The van der Waals surface area contributed by atoms with Crippen LogP contribution in [0.15, 0.2) is 36.5 Å². The predicted octanol–water partition coefficient (Wildman–Crippen LogP) is 2.72. The number of carbonyl (C=O) groups is 1. The summed E-state index contributed by atoms with van der Waals surface area (Å²) in [5, 5.41) is 8.90. The summed E-state index contributed by atoms with van der Waals surface area (Å²) in [5.74, 6) is -0.745. The number of hydrogen-bond donors (Lipinski definition) is 1. The second-order valence-electron chi connectivity index (χ2n) is 4.67. The van der Waals surface area contributed by atoms with E-state index in [9.17, 15) is 4.79 Å². The summed E-state index contributed by atoms with van der Waals surface area (Å²) >= 11 is 0. The Morgan fingerprint density at radius 3 is 2.58 bits per heavy atom. The highest BCUT2D eigenvalue weighted by atomic mass is 16.4. The highest BCUT2D eigenvalue weighted by Crippen LogP contribution is 2.17. The molecule has 0 fully saturated rings. The smallest absolute Gasteiger partial charge is 0.306 e. The third kappa shape index (κ3) is 3.37. The molecule has 1 N–H and O–H groups in total. The van der Waals surface area contributed by atoms with Crippen molar-refractivity contribution in [2.75, 3.05) is 0 Å². The first-order valence-corrected chi connectivity index (χ1v) is 6.18. The maximum absolute atomic E-state index is 10.8. The minimum absolute atomic E-state index is 0.342. The van der Waals surface area contributed by atoms with Crippen molar-refractivity contribution in [2.24, 2.45) is 5.92 Å². The topological polar surface area (TPSA) is 63.1 Å². The van der Waals surface area contributed by atoms with Crippen LogP contribution in [0.2, 0.25) is 0 Å². The zero-order valence-corrected chi connectivity index (χ0v) is 11.0. The Bertz CT molecular complexity index is 579. The molecule has 0 aliphatic rings. The van der Waals surface area contributed by atoms with Crippen molar-refractivity contribution in [3.8, 4) is 11.3 Å². The minimum atomic E-state index is -0.829. The Hall–Kier alpha value is -2.23. The molecule has 0 radical (unpaired) electrons. The molecule has 0 saturated heterocycles. The van der Waals surface area contributed by atoms with Gasteiger partial charge in [0, 0.05) is 18.2 Å². The number of rotatable bonds is 4. The number of hydrogen-bond acceptors (Lipinski definition) is 3. The lowest BCUT2D eigenvalue weighted by Gasteiger charge is -2.07. The molecule has 2 aromatic rings. The molecule has 98 valence electrons. The summed E-state index contributed by atoms with van der Waals surface area (Å²) in [4.78, 5) is 19.4. The largest absolute Gasteiger partial charge is 0.481 e. The molecule has 1 aromatic heterocycles.